The Bertz CT molecular complexity index is 886. The summed E-state index contributed by atoms with van der Waals surface area (Å²) in [5.41, 5.74) is 0.331. The predicted octanol–water partition coefficient (Wildman–Crippen LogP) is 4.17. The number of benzene rings is 1. The van der Waals surface area contributed by atoms with Crippen LogP contribution in [0, 0.1) is 11.3 Å². The lowest BCUT2D eigenvalue weighted by Gasteiger charge is -2.12. The van der Waals surface area contributed by atoms with E-state index in [1.807, 2.05) is 20.8 Å². The number of nitriles is 1. The van der Waals surface area contributed by atoms with Crippen LogP contribution >= 0.6 is 0 Å². The number of hydrazone groups is 1. The molecule has 0 fully saturated rings. The van der Waals surface area contributed by atoms with Crippen molar-refractivity contribution in [2.75, 3.05) is 5.43 Å². The summed E-state index contributed by atoms with van der Waals surface area (Å²) in [7, 11) is 0. The molecule has 0 bridgehead atoms. The average molecular weight is 364 g/mol. The lowest BCUT2D eigenvalue weighted by molar-refractivity contribution is -0.137. The number of anilines is 1. The molecule has 6 nitrogen and oxygen atoms in total. The third kappa shape index (κ3) is 4.47. The first-order valence-electron chi connectivity index (χ1n) is 7.45. The van der Waals surface area contributed by atoms with E-state index in [1.165, 1.54) is 18.2 Å². The minimum Gasteiger partial charge on any atom is -0.360 e. The second kappa shape index (κ2) is 7.00. The number of hydrogen-bond donors (Lipinski definition) is 1. The zero-order valence-corrected chi connectivity index (χ0v) is 14.2. The van der Waals surface area contributed by atoms with Crippen molar-refractivity contribution in [1.29, 1.82) is 5.26 Å². The number of hydrogen-bond acceptors (Lipinski definition) is 6. The number of aromatic nitrogens is 1. The van der Waals surface area contributed by atoms with Gasteiger partial charge in [0.1, 0.15) is 11.8 Å². The van der Waals surface area contributed by atoms with Crippen molar-refractivity contribution in [2.45, 2.75) is 32.4 Å². The van der Waals surface area contributed by atoms with Crippen LogP contribution in [0.2, 0.25) is 0 Å². The number of nitrogens with zero attached hydrogens (tertiary/aromatic N) is 3. The van der Waals surface area contributed by atoms with E-state index in [0.717, 1.165) is 12.1 Å². The molecule has 2 aromatic rings. The highest BCUT2D eigenvalue weighted by atomic mass is 19.4. The van der Waals surface area contributed by atoms with Crippen molar-refractivity contribution in [3.63, 3.8) is 0 Å². The topological polar surface area (TPSA) is 91.3 Å². The van der Waals surface area contributed by atoms with Crippen LogP contribution < -0.4 is 5.43 Å². The quantitative estimate of drug-likeness (QED) is 0.500. The smallest absolute Gasteiger partial charge is 0.360 e. The van der Waals surface area contributed by atoms with Crippen molar-refractivity contribution >= 4 is 17.2 Å². The first-order chi connectivity index (χ1) is 12.0. The van der Waals surface area contributed by atoms with Crippen molar-refractivity contribution < 1.29 is 22.5 Å². The Kier molecular flexibility index (Phi) is 5.16. The van der Waals surface area contributed by atoms with Gasteiger partial charge in [0, 0.05) is 11.5 Å². The minimum absolute atomic E-state index is 0.0177. The summed E-state index contributed by atoms with van der Waals surface area (Å²) in [6.45, 7) is 5.57. The Morgan fingerprint density at radius 2 is 1.96 bits per heavy atom. The predicted molar refractivity (Wildman–Crippen MR) is 87.6 cm³/mol. The average Bonchev–Trinajstić information content (AvgIpc) is 3.05. The first kappa shape index (κ1) is 19.2. The lowest BCUT2D eigenvalue weighted by atomic mass is 9.93. The molecular weight excluding hydrogens is 349 g/mol. The summed E-state index contributed by atoms with van der Waals surface area (Å²) >= 11 is 0. The summed E-state index contributed by atoms with van der Waals surface area (Å²) in [6.07, 6.45) is -4.51. The summed E-state index contributed by atoms with van der Waals surface area (Å²) in [5.74, 6) is -0.352. The largest absolute Gasteiger partial charge is 0.416 e. The molecule has 0 radical (unpaired) electrons. The van der Waals surface area contributed by atoms with Gasteiger partial charge in [-0.2, -0.15) is 23.5 Å². The van der Waals surface area contributed by atoms with Gasteiger partial charge in [-0.05, 0) is 18.2 Å². The Hall–Kier alpha value is -3.15. The molecule has 1 N–H and O–H groups in total. The lowest BCUT2D eigenvalue weighted by Crippen LogP contribution is -2.15. The number of nitrogens with one attached hydrogen (secondary N) is 1. The molecule has 0 saturated heterocycles. The van der Waals surface area contributed by atoms with Crippen LogP contribution in [-0.4, -0.2) is 16.7 Å². The van der Waals surface area contributed by atoms with Gasteiger partial charge in [0.05, 0.1) is 11.3 Å². The fraction of sp³-hybridized carbons (Fsp3) is 0.294. The van der Waals surface area contributed by atoms with E-state index in [1.54, 1.807) is 6.07 Å². The molecule has 0 unspecified atom stereocenters. The van der Waals surface area contributed by atoms with E-state index < -0.39 is 23.2 Å². The highest BCUT2D eigenvalue weighted by Crippen LogP contribution is 2.30. The van der Waals surface area contributed by atoms with Crippen molar-refractivity contribution in [3.05, 3.63) is 47.3 Å². The van der Waals surface area contributed by atoms with E-state index in [2.05, 4.69) is 15.7 Å². The molecule has 0 spiro atoms. The second-order valence-electron chi connectivity index (χ2n) is 6.42. The fourth-order valence-corrected chi connectivity index (χ4v) is 1.87. The van der Waals surface area contributed by atoms with Crippen LogP contribution in [-0.2, 0) is 11.6 Å². The molecule has 1 aromatic carbocycles. The zero-order chi connectivity index (χ0) is 19.5. The molecule has 0 aliphatic rings. The highest BCUT2D eigenvalue weighted by molar-refractivity contribution is 6.51. The van der Waals surface area contributed by atoms with Crippen molar-refractivity contribution in [2.24, 2.45) is 5.10 Å². The molecule has 9 heteroatoms. The number of Topliss-reactive ketones (excluding diaryl/α,β-unsaturated/α-hetero) is 1. The third-order valence-electron chi connectivity index (χ3n) is 3.29. The summed E-state index contributed by atoms with van der Waals surface area (Å²) in [4.78, 5) is 12.3. The van der Waals surface area contributed by atoms with Gasteiger partial charge in [-0.1, -0.05) is 32.0 Å². The highest BCUT2D eigenvalue weighted by Gasteiger charge is 2.30. The molecule has 0 atom stereocenters. The summed E-state index contributed by atoms with van der Waals surface area (Å²) in [6, 6.07) is 7.22. The minimum atomic E-state index is -4.51. The van der Waals surface area contributed by atoms with E-state index in [-0.39, 0.29) is 16.8 Å². The van der Waals surface area contributed by atoms with Gasteiger partial charge in [0.2, 0.25) is 11.5 Å². The van der Waals surface area contributed by atoms with E-state index >= 15 is 0 Å². The number of carbonyl (C=O) groups excluding carboxylic acids is 1. The number of ketones is 1. The van der Waals surface area contributed by atoms with E-state index in [0.29, 0.717) is 5.76 Å². The van der Waals surface area contributed by atoms with Crippen LogP contribution in [0.4, 0.5) is 18.9 Å². The standard InChI is InChI=1S/C17H15F3N4O2/c1-16(2,3)14-8-12(24-26-14)15(25)13(9-21)23-22-11-6-4-5-10(7-11)17(18,19)20/h4-8,22H,1-3H3. The van der Waals surface area contributed by atoms with Crippen molar-refractivity contribution in [3.8, 4) is 6.07 Å². The van der Waals surface area contributed by atoms with Crippen LogP contribution in [0.15, 0.2) is 40.0 Å². The van der Waals surface area contributed by atoms with Gasteiger partial charge in [-0.3, -0.25) is 10.2 Å². The number of halogens is 3. The molecule has 1 heterocycles. The maximum absolute atomic E-state index is 12.7. The SMILES string of the molecule is CC(C)(C)c1cc(C(=O)C(C#N)=NNc2cccc(C(F)(F)F)c2)no1. The van der Waals surface area contributed by atoms with Gasteiger partial charge in [0.25, 0.3) is 0 Å². The van der Waals surface area contributed by atoms with E-state index in [9.17, 15) is 18.0 Å². The monoisotopic (exact) mass is 364 g/mol. The van der Waals surface area contributed by atoms with Crippen molar-refractivity contribution in [1.82, 2.24) is 5.16 Å². The van der Waals surface area contributed by atoms with Crippen LogP contribution in [0.3, 0.4) is 0 Å². The molecule has 0 amide bonds. The summed E-state index contributed by atoms with van der Waals surface area (Å²) in [5, 5.41) is 16.3. The third-order valence-corrected chi connectivity index (χ3v) is 3.29. The molecule has 1 aromatic heterocycles. The molecule has 2 rings (SSSR count). The molecule has 0 saturated carbocycles. The summed E-state index contributed by atoms with van der Waals surface area (Å²) < 4.78 is 43.2. The first-order valence-corrected chi connectivity index (χ1v) is 7.45. The maximum atomic E-state index is 12.7. The number of rotatable bonds is 4. The van der Waals surface area contributed by atoms with Gasteiger partial charge in [-0.25, -0.2) is 0 Å². The van der Waals surface area contributed by atoms with Gasteiger partial charge in [0.15, 0.2) is 5.69 Å². The molecule has 0 aliphatic carbocycles. The van der Waals surface area contributed by atoms with Crippen LogP contribution in [0.1, 0.15) is 42.6 Å². The molecule has 26 heavy (non-hydrogen) atoms. The maximum Gasteiger partial charge on any atom is 0.416 e. The Balaban J connectivity index is 2.22. The van der Waals surface area contributed by atoms with Gasteiger partial charge in [-0.15, -0.1) is 0 Å². The Morgan fingerprint density at radius 1 is 1.27 bits per heavy atom. The fourth-order valence-electron chi connectivity index (χ4n) is 1.87. The molecule has 136 valence electrons. The molecule has 0 aliphatic heterocycles. The zero-order valence-electron chi connectivity index (χ0n) is 14.2. The van der Waals surface area contributed by atoms with Gasteiger partial charge < -0.3 is 4.52 Å². The van der Waals surface area contributed by atoms with E-state index in [4.69, 9.17) is 9.78 Å². The van der Waals surface area contributed by atoms with Crippen LogP contribution in [0.25, 0.3) is 0 Å². The normalized spacial score (nSPS) is 12.6. The Morgan fingerprint density at radius 3 is 2.50 bits per heavy atom. The van der Waals surface area contributed by atoms with Crippen LogP contribution in [0.5, 0.6) is 0 Å². The second-order valence-corrected chi connectivity index (χ2v) is 6.42. The number of carbonyl (C=O) groups is 1. The molecular formula is C17H15F3N4O2. The van der Waals surface area contributed by atoms with Gasteiger partial charge >= 0.3 is 6.18 Å². The Labute approximate surface area is 147 Å². The number of alkyl halides is 3.